The zero-order valence-corrected chi connectivity index (χ0v) is 16.0. The monoisotopic (exact) mass is 387 g/mol. The van der Waals surface area contributed by atoms with Crippen molar-refractivity contribution in [2.45, 2.75) is 12.5 Å². The molecule has 1 aliphatic rings. The third kappa shape index (κ3) is 6.16. The lowest BCUT2D eigenvalue weighted by molar-refractivity contribution is -0.121. The minimum atomic E-state index is -0.134. The highest BCUT2D eigenvalue weighted by molar-refractivity contribution is 7.12. The molecule has 3 rings (SSSR count). The predicted molar refractivity (Wildman–Crippen MR) is 106 cm³/mol. The molecular formula is C20H25N3O3S. The number of amides is 2. The summed E-state index contributed by atoms with van der Waals surface area (Å²) in [6.45, 7) is 4.27. The van der Waals surface area contributed by atoms with E-state index in [1.807, 2.05) is 41.8 Å². The Labute approximate surface area is 163 Å². The van der Waals surface area contributed by atoms with Gasteiger partial charge in [-0.15, -0.1) is 11.3 Å². The molecule has 1 aromatic heterocycles. The lowest BCUT2D eigenvalue weighted by Crippen LogP contribution is -2.43. The number of nitrogens with one attached hydrogen (secondary N) is 2. The van der Waals surface area contributed by atoms with E-state index < -0.39 is 0 Å². The van der Waals surface area contributed by atoms with Gasteiger partial charge in [-0.3, -0.25) is 14.5 Å². The maximum Gasteiger partial charge on any atom is 0.261 e. The summed E-state index contributed by atoms with van der Waals surface area (Å²) in [6, 6.07) is 13.5. The molecule has 0 aliphatic carbocycles. The maximum absolute atomic E-state index is 12.4. The van der Waals surface area contributed by atoms with Crippen molar-refractivity contribution in [1.82, 2.24) is 15.5 Å². The molecule has 7 heteroatoms. The van der Waals surface area contributed by atoms with Crippen molar-refractivity contribution in [3.63, 3.8) is 0 Å². The molecule has 2 N–H and O–H groups in total. The van der Waals surface area contributed by atoms with Gasteiger partial charge in [-0.05, 0) is 17.0 Å². The Morgan fingerprint density at radius 1 is 1.11 bits per heavy atom. The van der Waals surface area contributed by atoms with Crippen LogP contribution >= 0.6 is 11.3 Å². The van der Waals surface area contributed by atoms with Crippen molar-refractivity contribution >= 4 is 23.2 Å². The van der Waals surface area contributed by atoms with Crippen LogP contribution in [0.25, 0.3) is 0 Å². The first kappa shape index (κ1) is 19.5. The van der Waals surface area contributed by atoms with Gasteiger partial charge in [0, 0.05) is 32.6 Å². The number of carbonyl (C=O) groups is 2. The zero-order chi connectivity index (χ0) is 18.9. The van der Waals surface area contributed by atoms with Gasteiger partial charge < -0.3 is 15.4 Å². The van der Waals surface area contributed by atoms with Crippen molar-refractivity contribution in [2.24, 2.45) is 0 Å². The average molecular weight is 388 g/mol. The van der Waals surface area contributed by atoms with Gasteiger partial charge in [-0.1, -0.05) is 36.4 Å². The Hall–Kier alpha value is -2.22. The number of morpholine rings is 1. The van der Waals surface area contributed by atoms with Crippen LogP contribution in [0.4, 0.5) is 0 Å². The highest BCUT2D eigenvalue weighted by atomic mass is 32.1. The van der Waals surface area contributed by atoms with Gasteiger partial charge >= 0.3 is 0 Å². The lowest BCUT2D eigenvalue weighted by Gasteiger charge is -2.31. The molecule has 1 atom stereocenters. The van der Waals surface area contributed by atoms with E-state index in [1.54, 1.807) is 6.07 Å². The summed E-state index contributed by atoms with van der Waals surface area (Å²) in [7, 11) is 0. The van der Waals surface area contributed by atoms with Crippen molar-refractivity contribution in [3.8, 4) is 0 Å². The van der Waals surface area contributed by atoms with Crippen molar-refractivity contribution < 1.29 is 14.3 Å². The number of ether oxygens (including phenoxy) is 1. The number of thiophene rings is 1. The van der Waals surface area contributed by atoms with Crippen LogP contribution in [0, 0.1) is 0 Å². The van der Waals surface area contributed by atoms with E-state index >= 15 is 0 Å². The second-order valence-corrected chi connectivity index (χ2v) is 7.37. The molecule has 0 saturated carbocycles. The van der Waals surface area contributed by atoms with Crippen LogP contribution in [0.1, 0.15) is 27.7 Å². The molecule has 1 saturated heterocycles. The zero-order valence-electron chi connectivity index (χ0n) is 15.2. The number of rotatable bonds is 8. The molecule has 2 aromatic rings. The molecule has 2 amide bonds. The molecule has 0 spiro atoms. The summed E-state index contributed by atoms with van der Waals surface area (Å²) in [5.41, 5.74) is 1.08. The molecule has 27 heavy (non-hydrogen) atoms. The smallest absolute Gasteiger partial charge is 0.261 e. The van der Waals surface area contributed by atoms with Crippen molar-refractivity contribution in [1.29, 1.82) is 0 Å². The fourth-order valence-corrected chi connectivity index (χ4v) is 3.65. The van der Waals surface area contributed by atoms with Crippen LogP contribution in [0.2, 0.25) is 0 Å². The first-order valence-electron chi connectivity index (χ1n) is 9.18. The Bertz CT molecular complexity index is 715. The van der Waals surface area contributed by atoms with Crippen LogP contribution in [-0.4, -0.2) is 56.1 Å². The molecule has 0 radical (unpaired) electrons. The highest BCUT2D eigenvalue weighted by Gasteiger charge is 2.20. The number of nitrogens with zero attached hydrogens (tertiary/aromatic N) is 1. The Balaban J connectivity index is 1.51. The first-order valence-corrected chi connectivity index (χ1v) is 10.1. The molecule has 144 valence electrons. The van der Waals surface area contributed by atoms with Gasteiger partial charge in [0.2, 0.25) is 5.91 Å². The van der Waals surface area contributed by atoms with Crippen LogP contribution in [-0.2, 0) is 9.53 Å². The van der Waals surface area contributed by atoms with Crippen LogP contribution in [0.5, 0.6) is 0 Å². The van der Waals surface area contributed by atoms with E-state index in [0.29, 0.717) is 11.4 Å². The van der Waals surface area contributed by atoms with Crippen molar-refractivity contribution in [2.75, 3.05) is 39.4 Å². The molecule has 1 unspecified atom stereocenters. The van der Waals surface area contributed by atoms with Gasteiger partial charge in [0.25, 0.3) is 5.91 Å². The summed E-state index contributed by atoms with van der Waals surface area (Å²) in [6.07, 6.45) is 0.254. The minimum Gasteiger partial charge on any atom is -0.379 e. The molecule has 6 nitrogen and oxygen atoms in total. The number of carbonyl (C=O) groups excluding carboxylic acids is 2. The van der Waals surface area contributed by atoms with Gasteiger partial charge in [0.1, 0.15) is 0 Å². The fourth-order valence-electron chi connectivity index (χ4n) is 3.01. The molecule has 1 fully saturated rings. The SMILES string of the molecule is O=C(CCNC(=O)c1cccs1)NC(CN1CCOCC1)c1ccccc1. The Morgan fingerprint density at radius 2 is 1.89 bits per heavy atom. The Kier molecular flexibility index (Phi) is 7.38. The van der Waals surface area contributed by atoms with Crippen LogP contribution in [0.15, 0.2) is 47.8 Å². The normalized spacial score (nSPS) is 15.9. The molecular weight excluding hydrogens is 362 g/mol. The summed E-state index contributed by atoms with van der Waals surface area (Å²) in [5.74, 6) is -0.200. The third-order valence-corrected chi connectivity index (χ3v) is 5.33. The summed E-state index contributed by atoms with van der Waals surface area (Å²) >= 11 is 1.39. The number of hydrogen-bond donors (Lipinski definition) is 2. The maximum atomic E-state index is 12.4. The predicted octanol–water partition coefficient (Wildman–Crippen LogP) is 2.06. The van der Waals surface area contributed by atoms with Crippen molar-refractivity contribution in [3.05, 3.63) is 58.3 Å². The topological polar surface area (TPSA) is 70.7 Å². The first-order chi connectivity index (χ1) is 13.2. The Morgan fingerprint density at radius 3 is 2.59 bits per heavy atom. The summed E-state index contributed by atoms with van der Waals surface area (Å²) in [5, 5.41) is 7.77. The van der Waals surface area contributed by atoms with Gasteiger partial charge in [-0.25, -0.2) is 0 Å². The summed E-state index contributed by atoms with van der Waals surface area (Å²) in [4.78, 5) is 27.3. The quantitative estimate of drug-likeness (QED) is 0.727. The summed E-state index contributed by atoms with van der Waals surface area (Å²) < 4.78 is 5.41. The average Bonchev–Trinajstić information content (AvgIpc) is 3.24. The van der Waals surface area contributed by atoms with E-state index in [0.717, 1.165) is 38.4 Å². The van der Waals surface area contributed by atoms with Crippen LogP contribution in [0.3, 0.4) is 0 Å². The number of hydrogen-bond acceptors (Lipinski definition) is 5. The largest absolute Gasteiger partial charge is 0.379 e. The molecule has 1 aliphatic heterocycles. The lowest BCUT2D eigenvalue weighted by atomic mass is 10.1. The highest BCUT2D eigenvalue weighted by Crippen LogP contribution is 2.15. The second kappa shape index (κ2) is 10.2. The molecule has 2 heterocycles. The second-order valence-electron chi connectivity index (χ2n) is 6.43. The standard InChI is InChI=1S/C20H25N3O3S/c24-19(8-9-21-20(25)18-7-4-14-27-18)22-17(16-5-2-1-3-6-16)15-23-10-12-26-13-11-23/h1-7,14,17H,8-13,15H2,(H,21,25)(H,22,24). The number of benzene rings is 1. The minimum absolute atomic E-state index is 0.0661. The van der Waals surface area contributed by atoms with E-state index in [9.17, 15) is 9.59 Å². The van der Waals surface area contributed by atoms with E-state index in [-0.39, 0.29) is 24.3 Å². The molecule has 1 aromatic carbocycles. The molecule has 0 bridgehead atoms. The van der Waals surface area contributed by atoms with Gasteiger partial charge in [0.15, 0.2) is 0 Å². The van der Waals surface area contributed by atoms with Crippen LogP contribution < -0.4 is 10.6 Å². The van der Waals surface area contributed by atoms with Gasteiger partial charge in [-0.2, -0.15) is 0 Å². The van der Waals surface area contributed by atoms with E-state index in [1.165, 1.54) is 11.3 Å². The van der Waals surface area contributed by atoms with E-state index in [4.69, 9.17) is 4.74 Å². The third-order valence-electron chi connectivity index (χ3n) is 4.46. The fraction of sp³-hybridized carbons (Fsp3) is 0.400. The van der Waals surface area contributed by atoms with E-state index in [2.05, 4.69) is 15.5 Å². The van der Waals surface area contributed by atoms with Gasteiger partial charge in [0.05, 0.1) is 24.1 Å².